The van der Waals surface area contributed by atoms with E-state index in [2.05, 4.69) is 0 Å². The summed E-state index contributed by atoms with van der Waals surface area (Å²) >= 11 is 0. The van der Waals surface area contributed by atoms with E-state index in [9.17, 15) is 0 Å². The fourth-order valence-corrected chi connectivity index (χ4v) is 0.869. The minimum Gasteiger partial charge on any atom is -0.393 e. The highest BCUT2D eigenvalue weighted by molar-refractivity contribution is 4.67. The predicted molar refractivity (Wildman–Crippen MR) is 42.0 cm³/mol. The van der Waals surface area contributed by atoms with E-state index in [1.807, 2.05) is 20.8 Å². The molecule has 0 saturated carbocycles. The molecule has 10 heavy (non-hydrogen) atoms. The van der Waals surface area contributed by atoms with Crippen molar-refractivity contribution in [3.8, 4) is 0 Å². The van der Waals surface area contributed by atoms with Gasteiger partial charge in [0.2, 0.25) is 0 Å². The molecule has 1 rings (SSSR count). The molecule has 0 radical (unpaired) electrons. The zero-order valence-electron chi connectivity index (χ0n) is 7.13. The summed E-state index contributed by atoms with van der Waals surface area (Å²) in [6.45, 7) is 7.45. The van der Waals surface area contributed by atoms with Crippen LogP contribution in [0.25, 0.3) is 0 Å². The molecule has 2 atom stereocenters. The van der Waals surface area contributed by atoms with Gasteiger partial charge in [-0.05, 0) is 6.42 Å². The van der Waals surface area contributed by atoms with Crippen molar-refractivity contribution in [1.29, 1.82) is 0 Å². The summed E-state index contributed by atoms with van der Waals surface area (Å²) in [7, 11) is 0. The van der Waals surface area contributed by atoms with Gasteiger partial charge in [-0.25, -0.2) is 0 Å². The second-order valence-electron chi connectivity index (χ2n) is 2.41. The maximum Gasteiger partial charge on any atom is 0.0609 e. The van der Waals surface area contributed by atoms with Gasteiger partial charge in [0.15, 0.2) is 0 Å². The van der Waals surface area contributed by atoms with Crippen LogP contribution >= 0.6 is 0 Å². The Morgan fingerprint density at radius 3 is 2.30 bits per heavy atom. The molecule has 0 amide bonds. The standard InChI is InChI=1S/C6H12O2.C2H6/c1-5-4-8-3-2-6(5)7;1-2/h5-7H,2-4H2,1H3;1-2H3. The molecule has 62 valence electrons. The summed E-state index contributed by atoms with van der Waals surface area (Å²) in [6, 6.07) is 0. The van der Waals surface area contributed by atoms with Crippen LogP contribution in [-0.4, -0.2) is 24.4 Å². The molecule has 1 N–H and O–H groups in total. The van der Waals surface area contributed by atoms with E-state index in [0.29, 0.717) is 5.92 Å². The van der Waals surface area contributed by atoms with Gasteiger partial charge in [-0.3, -0.25) is 0 Å². The van der Waals surface area contributed by atoms with Crippen LogP contribution < -0.4 is 0 Å². The van der Waals surface area contributed by atoms with Crippen LogP contribution in [0.4, 0.5) is 0 Å². The second-order valence-corrected chi connectivity index (χ2v) is 2.41. The van der Waals surface area contributed by atoms with Crippen molar-refractivity contribution >= 4 is 0 Å². The predicted octanol–water partition coefficient (Wildman–Crippen LogP) is 1.43. The maximum absolute atomic E-state index is 9.10. The van der Waals surface area contributed by atoms with Crippen LogP contribution in [0.3, 0.4) is 0 Å². The zero-order chi connectivity index (χ0) is 7.98. The highest BCUT2D eigenvalue weighted by atomic mass is 16.5. The van der Waals surface area contributed by atoms with Crippen LogP contribution in [0.15, 0.2) is 0 Å². The van der Waals surface area contributed by atoms with Gasteiger partial charge in [0, 0.05) is 12.5 Å². The molecule has 0 aromatic heterocycles. The smallest absolute Gasteiger partial charge is 0.0609 e. The molecule has 2 heteroatoms. The van der Waals surface area contributed by atoms with Crippen molar-refractivity contribution in [3.63, 3.8) is 0 Å². The lowest BCUT2D eigenvalue weighted by atomic mass is 10.0. The Bertz CT molecular complexity index is 63.7. The fraction of sp³-hybridized carbons (Fsp3) is 1.00. The van der Waals surface area contributed by atoms with Gasteiger partial charge in [-0.15, -0.1) is 0 Å². The van der Waals surface area contributed by atoms with Crippen molar-refractivity contribution < 1.29 is 9.84 Å². The summed E-state index contributed by atoms with van der Waals surface area (Å²) in [6.07, 6.45) is 0.685. The van der Waals surface area contributed by atoms with E-state index in [-0.39, 0.29) is 6.10 Å². The third-order valence-electron chi connectivity index (χ3n) is 1.60. The first-order chi connectivity index (χ1) is 4.80. The van der Waals surface area contributed by atoms with Crippen molar-refractivity contribution in [2.24, 2.45) is 5.92 Å². The Hall–Kier alpha value is -0.0800. The third kappa shape index (κ3) is 3.18. The van der Waals surface area contributed by atoms with E-state index >= 15 is 0 Å². The lowest BCUT2D eigenvalue weighted by Gasteiger charge is -2.23. The molecular formula is C8H18O2. The Balaban J connectivity index is 0.000000371. The Morgan fingerprint density at radius 1 is 1.40 bits per heavy atom. The first kappa shape index (κ1) is 9.92. The van der Waals surface area contributed by atoms with Crippen LogP contribution in [0.5, 0.6) is 0 Å². The van der Waals surface area contributed by atoms with Gasteiger partial charge >= 0.3 is 0 Å². The zero-order valence-corrected chi connectivity index (χ0v) is 7.13. The number of ether oxygens (including phenoxy) is 1. The molecule has 0 bridgehead atoms. The molecule has 1 fully saturated rings. The Morgan fingerprint density at radius 2 is 2.00 bits per heavy atom. The fourth-order valence-electron chi connectivity index (χ4n) is 0.869. The Labute approximate surface area is 63.2 Å². The summed E-state index contributed by atoms with van der Waals surface area (Å²) in [5.41, 5.74) is 0. The molecule has 1 saturated heterocycles. The SMILES string of the molecule is CC.CC1COCCC1O. The van der Waals surface area contributed by atoms with E-state index < -0.39 is 0 Å². The molecule has 0 aromatic carbocycles. The van der Waals surface area contributed by atoms with Gasteiger partial charge in [0.25, 0.3) is 0 Å². The molecular weight excluding hydrogens is 128 g/mol. The summed E-state index contributed by atoms with van der Waals surface area (Å²) < 4.78 is 5.09. The van der Waals surface area contributed by atoms with E-state index in [1.165, 1.54) is 0 Å². The van der Waals surface area contributed by atoms with Gasteiger partial charge < -0.3 is 9.84 Å². The van der Waals surface area contributed by atoms with Gasteiger partial charge in [-0.2, -0.15) is 0 Å². The van der Waals surface area contributed by atoms with Gasteiger partial charge in [0.1, 0.15) is 0 Å². The molecule has 0 aliphatic carbocycles. The lowest BCUT2D eigenvalue weighted by molar-refractivity contribution is -0.0282. The van der Waals surface area contributed by atoms with Crippen LogP contribution in [-0.2, 0) is 4.74 Å². The maximum atomic E-state index is 9.10. The molecule has 2 unspecified atom stereocenters. The van der Waals surface area contributed by atoms with Gasteiger partial charge in [-0.1, -0.05) is 20.8 Å². The van der Waals surface area contributed by atoms with Gasteiger partial charge in [0.05, 0.1) is 12.7 Å². The van der Waals surface area contributed by atoms with E-state index in [4.69, 9.17) is 9.84 Å². The number of hydrogen-bond acceptors (Lipinski definition) is 2. The number of hydrogen-bond donors (Lipinski definition) is 1. The molecule has 1 aliphatic heterocycles. The number of rotatable bonds is 0. The highest BCUT2D eigenvalue weighted by Gasteiger charge is 2.18. The largest absolute Gasteiger partial charge is 0.393 e. The average Bonchev–Trinajstić information content (AvgIpc) is 2.00. The normalized spacial score (nSPS) is 32.4. The topological polar surface area (TPSA) is 29.5 Å². The van der Waals surface area contributed by atoms with Crippen molar-refractivity contribution in [1.82, 2.24) is 0 Å². The first-order valence-corrected chi connectivity index (χ1v) is 4.06. The van der Waals surface area contributed by atoms with E-state index in [1.54, 1.807) is 0 Å². The lowest BCUT2D eigenvalue weighted by Crippen LogP contribution is -2.29. The average molecular weight is 146 g/mol. The van der Waals surface area contributed by atoms with Crippen molar-refractivity contribution in [2.45, 2.75) is 33.3 Å². The van der Waals surface area contributed by atoms with Crippen LogP contribution in [0.1, 0.15) is 27.2 Å². The monoisotopic (exact) mass is 146 g/mol. The molecule has 1 heterocycles. The first-order valence-electron chi connectivity index (χ1n) is 4.06. The third-order valence-corrected chi connectivity index (χ3v) is 1.60. The van der Waals surface area contributed by atoms with Crippen molar-refractivity contribution in [2.75, 3.05) is 13.2 Å². The molecule has 0 aromatic rings. The summed E-state index contributed by atoms with van der Waals surface area (Å²) in [5.74, 6) is 0.337. The highest BCUT2D eigenvalue weighted by Crippen LogP contribution is 2.12. The Kier molecular flexibility index (Phi) is 5.64. The summed E-state index contributed by atoms with van der Waals surface area (Å²) in [5, 5.41) is 9.10. The molecule has 0 spiro atoms. The number of aliphatic hydroxyl groups excluding tert-OH is 1. The summed E-state index contributed by atoms with van der Waals surface area (Å²) in [4.78, 5) is 0. The van der Waals surface area contributed by atoms with E-state index in [0.717, 1.165) is 19.6 Å². The molecule has 1 aliphatic rings. The quantitative estimate of drug-likeness (QED) is 0.560. The van der Waals surface area contributed by atoms with Crippen LogP contribution in [0.2, 0.25) is 0 Å². The van der Waals surface area contributed by atoms with Crippen LogP contribution in [0, 0.1) is 5.92 Å². The van der Waals surface area contributed by atoms with Crippen molar-refractivity contribution in [3.05, 3.63) is 0 Å². The molecule has 2 nitrogen and oxygen atoms in total. The second kappa shape index (κ2) is 5.69. The minimum absolute atomic E-state index is 0.122. The minimum atomic E-state index is -0.122. The number of aliphatic hydroxyl groups is 1.